The Bertz CT molecular complexity index is 199. The van der Waals surface area contributed by atoms with Gasteiger partial charge in [-0.05, 0) is 12.8 Å². The molecule has 0 fully saturated rings. The fraction of sp³-hybridized carbons (Fsp3) is 0.833. The first-order valence-corrected chi connectivity index (χ1v) is 4.29. The monoisotopic (exact) mass is 242 g/mol. The third kappa shape index (κ3) is 9.70. The molecule has 0 aromatic carbocycles. The molecule has 10 heteroatoms. The van der Waals surface area contributed by atoms with Gasteiger partial charge in [-0.25, -0.2) is 9.68 Å². The number of aliphatic carboxylic acids is 1. The first-order valence-electron chi connectivity index (χ1n) is 4.29. The molecular weight excluding hydrogens is 228 g/mol. The second-order valence-corrected chi connectivity index (χ2v) is 2.81. The van der Waals surface area contributed by atoms with Gasteiger partial charge in [-0.2, -0.15) is 0 Å². The van der Waals surface area contributed by atoms with E-state index in [9.17, 15) is 4.79 Å². The smallest absolute Gasteiger partial charge is 0.303 e. The van der Waals surface area contributed by atoms with Gasteiger partial charge in [0.1, 0.15) is 12.7 Å². The Kier molecular flexibility index (Phi) is 7.88. The lowest BCUT2D eigenvalue weighted by Gasteiger charge is -2.18. The van der Waals surface area contributed by atoms with Crippen molar-refractivity contribution in [3.63, 3.8) is 0 Å². The normalized spacial score (nSPS) is 13.4. The molecule has 5 N–H and O–H groups in total. The van der Waals surface area contributed by atoms with Gasteiger partial charge in [0, 0.05) is 6.42 Å². The molecule has 0 saturated carbocycles. The van der Waals surface area contributed by atoms with E-state index in [2.05, 4.69) is 9.68 Å². The highest BCUT2D eigenvalue weighted by Crippen LogP contribution is 2.07. The van der Waals surface area contributed by atoms with Gasteiger partial charge in [0.15, 0.2) is 0 Å². The van der Waals surface area contributed by atoms with Gasteiger partial charge >= 0.3 is 5.97 Å². The van der Waals surface area contributed by atoms with Crippen molar-refractivity contribution >= 4 is 5.97 Å². The van der Waals surface area contributed by atoms with E-state index in [0.29, 0.717) is 0 Å². The van der Waals surface area contributed by atoms with E-state index in [4.69, 9.17) is 25.9 Å². The molecule has 0 bridgehead atoms. The van der Waals surface area contributed by atoms with Crippen molar-refractivity contribution in [2.24, 2.45) is 0 Å². The Morgan fingerprint density at radius 2 is 1.81 bits per heavy atom. The van der Waals surface area contributed by atoms with Crippen LogP contribution in [-0.4, -0.2) is 55.4 Å². The van der Waals surface area contributed by atoms with E-state index < -0.39 is 29.5 Å². The highest BCUT2D eigenvalue weighted by atomic mass is 17.1. The van der Waals surface area contributed by atoms with Crippen molar-refractivity contribution in [2.45, 2.75) is 25.4 Å². The van der Waals surface area contributed by atoms with Crippen LogP contribution in [0.3, 0.4) is 0 Å². The molecule has 0 aromatic rings. The van der Waals surface area contributed by atoms with E-state index in [0.717, 1.165) is 0 Å². The molecular formula is C6H14N2O8. The van der Waals surface area contributed by atoms with Crippen LogP contribution in [0.5, 0.6) is 0 Å². The maximum absolute atomic E-state index is 10.2. The summed E-state index contributed by atoms with van der Waals surface area (Å²) in [5.74, 6) is -1.00. The molecule has 10 nitrogen and oxygen atoms in total. The van der Waals surface area contributed by atoms with Crippen molar-refractivity contribution in [3.05, 3.63) is 0 Å². The van der Waals surface area contributed by atoms with Crippen molar-refractivity contribution in [1.82, 2.24) is 10.8 Å². The number of carbonyl (C=O) groups is 1. The Morgan fingerprint density at radius 1 is 1.19 bits per heavy atom. The Balaban J connectivity index is 3.85. The molecule has 16 heavy (non-hydrogen) atoms. The first kappa shape index (κ1) is 15.2. The van der Waals surface area contributed by atoms with E-state index in [1.807, 2.05) is 0 Å². The zero-order valence-electron chi connectivity index (χ0n) is 8.26. The molecule has 0 unspecified atom stereocenters. The van der Waals surface area contributed by atoms with E-state index >= 15 is 0 Å². The van der Waals surface area contributed by atoms with Crippen LogP contribution in [-0.2, 0) is 14.5 Å². The van der Waals surface area contributed by atoms with Gasteiger partial charge in [0.05, 0.1) is 10.8 Å². The molecule has 0 rings (SSSR count). The highest BCUT2D eigenvalue weighted by molar-refractivity contribution is 5.66. The number of carboxylic acid groups (broad SMARTS) is 1. The summed E-state index contributed by atoms with van der Waals surface area (Å²) >= 11 is 0. The quantitative estimate of drug-likeness (QED) is 0.340. The molecule has 0 aliphatic heterocycles. The summed E-state index contributed by atoms with van der Waals surface area (Å²) in [4.78, 5) is 18.7. The van der Waals surface area contributed by atoms with Crippen molar-refractivity contribution in [1.29, 1.82) is 0 Å². The maximum atomic E-state index is 10.2. The fourth-order valence-electron chi connectivity index (χ4n) is 0.931. The summed E-state index contributed by atoms with van der Waals surface area (Å²) in [6.07, 6.45) is -0.735. The molecule has 0 saturated heterocycles. The lowest BCUT2D eigenvalue weighted by molar-refractivity contribution is -0.527. The molecule has 0 aliphatic carbocycles. The zero-order valence-corrected chi connectivity index (χ0v) is 8.26. The lowest BCUT2D eigenvalue weighted by atomic mass is 10.1. The Labute approximate surface area is 90.2 Å². The molecule has 0 aromatic heterocycles. The second kappa shape index (κ2) is 8.32. The van der Waals surface area contributed by atoms with Crippen LogP contribution in [0.2, 0.25) is 0 Å². The highest BCUT2D eigenvalue weighted by Gasteiger charge is 2.15. The van der Waals surface area contributed by atoms with Crippen LogP contribution < -0.4 is 0 Å². The SMILES string of the molecule is O=C(O)CCC[C@H](CON(O)O)ON(O)O. The van der Waals surface area contributed by atoms with E-state index in [1.165, 1.54) is 0 Å². The van der Waals surface area contributed by atoms with Gasteiger partial charge in [-0.15, -0.1) is 0 Å². The van der Waals surface area contributed by atoms with E-state index in [-0.39, 0.29) is 19.3 Å². The lowest BCUT2D eigenvalue weighted by Crippen LogP contribution is -2.31. The summed E-state index contributed by atoms with van der Waals surface area (Å²) in [6, 6.07) is 0. The average Bonchev–Trinajstić information content (AvgIpc) is 2.12. The predicted molar refractivity (Wildman–Crippen MR) is 43.1 cm³/mol. The van der Waals surface area contributed by atoms with Crippen LogP contribution in [0.1, 0.15) is 19.3 Å². The number of rotatable bonds is 9. The minimum Gasteiger partial charge on any atom is -0.481 e. The van der Waals surface area contributed by atoms with Crippen LogP contribution in [0.25, 0.3) is 0 Å². The molecule has 0 heterocycles. The molecule has 96 valence electrons. The van der Waals surface area contributed by atoms with Gasteiger partial charge < -0.3 is 5.11 Å². The van der Waals surface area contributed by atoms with Gasteiger partial charge in [0.2, 0.25) is 0 Å². The molecule has 0 aliphatic rings. The van der Waals surface area contributed by atoms with Crippen LogP contribution >= 0.6 is 0 Å². The van der Waals surface area contributed by atoms with Gasteiger partial charge in [-0.3, -0.25) is 25.6 Å². The third-order valence-electron chi connectivity index (χ3n) is 1.54. The molecule has 0 spiro atoms. The topological polar surface area (TPSA) is 143 Å². The Hall–Kier alpha value is -0.850. The summed E-state index contributed by atoms with van der Waals surface area (Å²) in [7, 11) is 0. The van der Waals surface area contributed by atoms with Gasteiger partial charge in [-0.1, -0.05) is 0 Å². The van der Waals surface area contributed by atoms with Gasteiger partial charge in [0.25, 0.3) is 0 Å². The summed E-state index contributed by atoms with van der Waals surface area (Å²) in [5.41, 5.74) is 0. The first-order chi connectivity index (χ1) is 7.41. The van der Waals surface area contributed by atoms with Crippen molar-refractivity contribution in [3.8, 4) is 0 Å². The van der Waals surface area contributed by atoms with E-state index in [1.54, 1.807) is 0 Å². The number of hydrogen-bond donors (Lipinski definition) is 5. The molecule has 1 atom stereocenters. The number of nitrogens with zero attached hydrogens (tertiary/aromatic N) is 2. The maximum Gasteiger partial charge on any atom is 0.303 e. The summed E-state index contributed by atoms with van der Waals surface area (Å²) in [6.45, 7) is -0.399. The average molecular weight is 242 g/mol. The predicted octanol–water partition coefficient (Wildman–Crippen LogP) is -0.366. The number of hydrogen-bond acceptors (Lipinski definition) is 9. The molecule has 0 amide bonds. The summed E-state index contributed by atoms with van der Waals surface area (Å²) in [5, 5.41) is 40.4. The third-order valence-corrected chi connectivity index (χ3v) is 1.54. The minimum absolute atomic E-state index is 0.123. The Morgan fingerprint density at radius 3 is 2.25 bits per heavy atom. The second-order valence-electron chi connectivity index (χ2n) is 2.81. The van der Waals surface area contributed by atoms with Crippen molar-refractivity contribution < 1.29 is 40.4 Å². The summed E-state index contributed by atoms with van der Waals surface area (Å²) < 4.78 is 0. The number of carboxylic acids is 1. The van der Waals surface area contributed by atoms with Crippen LogP contribution in [0, 0.1) is 0 Å². The largest absolute Gasteiger partial charge is 0.481 e. The minimum atomic E-state index is -1.00. The van der Waals surface area contributed by atoms with Crippen LogP contribution in [0.4, 0.5) is 0 Å². The fourth-order valence-corrected chi connectivity index (χ4v) is 0.931. The standard InChI is InChI=1S/C6H14N2O8/c9-6(10)3-1-2-5(16-8(13)14)4-15-7(11)12/h5,11-14H,1-4H2,(H,9,10)/t5-/m1/s1. The van der Waals surface area contributed by atoms with Crippen LogP contribution in [0.15, 0.2) is 0 Å². The van der Waals surface area contributed by atoms with Crippen molar-refractivity contribution in [2.75, 3.05) is 6.61 Å². The zero-order chi connectivity index (χ0) is 12.6. The molecule has 0 radical (unpaired) electrons.